The van der Waals surface area contributed by atoms with Gasteiger partial charge >= 0.3 is 51.4 Å². The maximum Gasteiger partial charge on any atom is 1.00 e. The van der Waals surface area contributed by atoms with E-state index in [0.717, 1.165) is 25.7 Å². The van der Waals surface area contributed by atoms with Crippen molar-refractivity contribution < 1.29 is 68.5 Å². The second-order valence-electron chi connectivity index (χ2n) is 10.2. The van der Waals surface area contributed by atoms with Gasteiger partial charge in [-0.05, 0) is 19.3 Å². The molecule has 0 bridgehead atoms. The molecule has 1 unspecified atom stereocenters. The van der Waals surface area contributed by atoms with Gasteiger partial charge in [0.1, 0.15) is 0 Å². The summed E-state index contributed by atoms with van der Waals surface area (Å²) in [6.07, 6.45) is 34.0. The Balaban J connectivity index is 0. The predicted molar refractivity (Wildman–Crippen MR) is 146 cm³/mol. The number of allylic oxidation sites excluding steroid dienone is 1. The van der Waals surface area contributed by atoms with Gasteiger partial charge in [-0.2, -0.15) is 0 Å². The van der Waals surface area contributed by atoms with Crippen LogP contribution in [0.2, 0.25) is 0 Å². The minimum atomic E-state index is -4.61. The SMILES string of the molecule is CCCCC/C=C/C(CCCCCCCCCCCCCCCCCCCC)COS(=O)(=O)[O-].[K+]. The Hall–Kier alpha value is 1.25. The summed E-state index contributed by atoms with van der Waals surface area (Å²) in [6, 6.07) is 0. The summed E-state index contributed by atoms with van der Waals surface area (Å²) in [6.45, 7) is 4.44. The summed E-state index contributed by atoms with van der Waals surface area (Å²) in [5.74, 6) is 0.0198. The third kappa shape index (κ3) is 33.2. The molecule has 6 heteroatoms. The predicted octanol–water partition coefficient (Wildman–Crippen LogP) is 6.65. The topological polar surface area (TPSA) is 66.4 Å². The van der Waals surface area contributed by atoms with E-state index in [2.05, 4.69) is 30.2 Å². The van der Waals surface area contributed by atoms with Crippen molar-refractivity contribution in [2.75, 3.05) is 6.61 Å². The normalized spacial score (nSPS) is 12.8. The Kier molecular flexibility index (Phi) is 32.7. The molecule has 0 aromatic rings. The Bertz CT molecular complexity index is 537. The molecule has 0 fully saturated rings. The van der Waals surface area contributed by atoms with Gasteiger partial charge in [0.15, 0.2) is 0 Å². The minimum Gasteiger partial charge on any atom is -0.726 e. The standard InChI is InChI=1S/C29H58O4S.K/c1-3-5-7-9-10-11-12-13-14-15-16-17-18-19-20-21-23-25-27-29(28-33-34(30,31)32)26-24-22-8-6-4-2;/h24,26,29H,3-23,25,27-28H2,1-2H3,(H,30,31,32);/q;+1/p-1/b26-24+;. The molecule has 0 aliphatic heterocycles. The van der Waals surface area contributed by atoms with Gasteiger partial charge < -0.3 is 4.55 Å². The molecule has 0 aliphatic carbocycles. The molecular formula is C29H57KO4S. The van der Waals surface area contributed by atoms with Crippen molar-refractivity contribution in [1.29, 1.82) is 0 Å². The van der Waals surface area contributed by atoms with Crippen LogP contribution in [0.5, 0.6) is 0 Å². The Labute approximate surface area is 262 Å². The molecule has 0 spiro atoms. The first kappa shape index (κ1) is 38.4. The first-order valence-electron chi connectivity index (χ1n) is 14.8. The Morgan fingerprint density at radius 3 is 1.40 bits per heavy atom. The van der Waals surface area contributed by atoms with Crippen LogP contribution in [0.15, 0.2) is 12.2 Å². The van der Waals surface area contributed by atoms with E-state index in [9.17, 15) is 13.0 Å². The van der Waals surface area contributed by atoms with Gasteiger partial charge in [0, 0.05) is 5.92 Å². The average molecular weight is 541 g/mol. The van der Waals surface area contributed by atoms with Crippen LogP contribution in [-0.4, -0.2) is 19.6 Å². The van der Waals surface area contributed by atoms with Crippen LogP contribution in [0.4, 0.5) is 0 Å². The summed E-state index contributed by atoms with van der Waals surface area (Å²) in [5, 5.41) is 0. The molecule has 0 aliphatic rings. The zero-order chi connectivity index (χ0) is 25.2. The van der Waals surface area contributed by atoms with Crippen molar-refractivity contribution >= 4 is 10.4 Å². The largest absolute Gasteiger partial charge is 1.00 e. The Morgan fingerprint density at radius 2 is 1.00 bits per heavy atom. The summed E-state index contributed by atoms with van der Waals surface area (Å²) in [5.41, 5.74) is 0. The first-order chi connectivity index (χ1) is 16.5. The van der Waals surface area contributed by atoms with Gasteiger partial charge in [0.25, 0.3) is 0 Å². The van der Waals surface area contributed by atoms with Gasteiger partial charge in [-0.1, -0.05) is 154 Å². The average Bonchev–Trinajstić information content (AvgIpc) is 2.80. The molecule has 0 N–H and O–H groups in total. The number of hydrogen-bond donors (Lipinski definition) is 0. The minimum absolute atomic E-state index is 0. The van der Waals surface area contributed by atoms with E-state index in [4.69, 9.17) is 0 Å². The van der Waals surface area contributed by atoms with Crippen LogP contribution in [0.1, 0.15) is 162 Å². The van der Waals surface area contributed by atoms with Gasteiger partial charge in [-0.15, -0.1) is 0 Å². The fourth-order valence-electron chi connectivity index (χ4n) is 4.51. The Morgan fingerprint density at radius 1 is 0.629 bits per heavy atom. The third-order valence-corrected chi connectivity index (χ3v) is 7.16. The van der Waals surface area contributed by atoms with Crippen LogP contribution in [-0.2, 0) is 14.6 Å². The molecular weight excluding hydrogens is 483 g/mol. The van der Waals surface area contributed by atoms with E-state index in [0.29, 0.717) is 0 Å². The summed E-state index contributed by atoms with van der Waals surface area (Å²) in [4.78, 5) is 0. The molecule has 0 heterocycles. The summed E-state index contributed by atoms with van der Waals surface area (Å²) < 4.78 is 36.9. The van der Waals surface area contributed by atoms with Crippen molar-refractivity contribution in [3.63, 3.8) is 0 Å². The van der Waals surface area contributed by atoms with Gasteiger partial charge in [0.2, 0.25) is 10.4 Å². The molecule has 0 amide bonds. The van der Waals surface area contributed by atoms with Crippen molar-refractivity contribution in [3.8, 4) is 0 Å². The number of rotatable bonds is 27. The maximum absolute atomic E-state index is 10.8. The first-order valence-corrected chi connectivity index (χ1v) is 16.1. The monoisotopic (exact) mass is 540 g/mol. The van der Waals surface area contributed by atoms with E-state index >= 15 is 0 Å². The fourth-order valence-corrected chi connectivity index (χ4v) is 4.86. The molecule has 0 saturated carbocycles. The zero-order valence-corrected chi connectivity index (χ0v) is 27.7. The van der Waals surface area contributed by atoms with Crippen LogP contribution in [0.3, 0.4) is 0 Å². The van der Waals surface area contributed by atoms with Gasteiger partial charge in [-0.3, -0.25) is 4.18 Å². The summed E-state index contributed by atoms with van der Waals surface area (Å²) in [7, 11) is -4.61. The molecule has 204 valence electrons. The fraction of sp³-hybridized carbons (Fsp3) is 0.931. The van der Waals surface area contributed by atoms with E-state index in [1.54, 1.807) is 0 Å². The van der Waals surface area contributed by atoms with Crippen molar-refractivity contribution in [3.05, 3.63) is 12.2 Å². The summed E-state index contributed by atoms with van der Waals surface area (Å²) >= 11 is 0. The second kappa shape index (κ2) is 29.8. The molecule has 4 nitrogen and oxygen atoms in total. The van der Waals surface area contributed by atoms with Crippen LogP contribution >= 0.6 is 0 Å². The van der Waals surface area contributed by atoms with E-state index in [1.807, 2.05) is 0 Å². The van der Waals surface area contributed by atoms with Crippen molar-refractivity contribution in [2.24, 2.45) is 5.92 Å². The van der Waals surface area contributed by atoms with Crippen molar-refractivity contribution in [2.45, 2.75) is 162 Å². The smallest absolute Gasteiger partial charge is 0.726 e. The van der Waals surface area contributed by atoms with Crippen LogP contribution in [0.25, 0.3) is 0 Å². The van der Waals surface area contributed by atoms with Gasteiger partial charge in [0.05, 0.1) is 6.61 Å². The van der Waals surface area contributed by atoms with Gasteiger partial charge in [-0.25, -0.2) is 8.42 Å². The molecule has 0 aromatic carbocycles. The number of hydrogen-bond acceptors (Lipinski definition) is 4. The molecule has 0 radical (unpaired) electrons. The van der Waals surface area contributed by atoms with E-state index in [-0.39, 0.29) is 63.9 Å². The van der Waals surface area contributed by atoms with Crippen molar-refractivity contribution in [1.82, 2.24) is 0 Å². The molecule has 0 rings (SSSR count). The maximum atomic E-state index is 10.8. The molecule has 35 heavy (non-hydrogen) atoms. The molecule has 0 aromatic heterocycles. The number of unbranched alkanes of at least 4 members (excludes halogenated alkanes) is 20. The quantitative estimate of drug-likeness (QED) is 0.0384. The van der Waals surface area contributed by atoms with Crippen LogP contribution in [0, 0.1) is 5.92 Å². The zero-order valence-electron chi connectivity index (χ0n) is 23.7. The second-order valence-corrected chi connectivity index (χ2v) is 11.2. The molecule has 0 saturated heterocycles. The van der Waals surface area contributed by atoms with Crippen LogP contribution < -0.4 is 51.4 Å². The van der Waals surface area contributed by atoms with E-state index < -0.39 is 10.4 Å². The third-order valence-electron chi connectivity index (χ3n) is 6.74. The van der Waals surface area contributed by atoms with E-state index in [1.165, 1.54) is 122 Å². The molecule has 1 atom stereocenters.